The Balaban J connectivity index is 1.74. The molecule has 160 valence electrons. The van der Waals surface area contributed by atoms with Crippen LogP contribution < -0.4 is 14.8 Å². The number of nitrogens with one attached hydrogen (secondary N) is 1. The lowest BCUT2D eigenvalue weighted by molar-refractivity contribution is -0.134. The molecule has 0 radical (unpaired) electrons. The van der Waals surface area contributed by atoms with E-state index in [9.17, 15) is 9.59 Å². The molecule has 6 nitrogen and oxygen atoms in total. The summed E-state index contributed by atoms with van der Waals surface area (Å²) in [6, 6.07) is 24.3. The monoisotopic (exact) mass is 418 g/mol. The van der Waals surface area contributed by atoms with Crippen LogP contribution in [0.3, 0.4) is 0 Å². The fourth-order valence-electron chi connectivity index (χ4n) is 3.18. The molecule has 1 N–H and O–H groups in total. The van der Waals surface area contributed by atoms with E-state index < -0.39 is 0 Å². The highest BCUT2D eigenvalue weighted by atomic mass is 16.5. The number of carbonyl (C=O) groups is 2. The molecule has 31 heavy (non-hydrogen) atoms. The molecule has 6 heteroatoms. The maximum atomic E-state index is 13.0. The first-order chi connectivity index (χ1) is 15.1. The van der Waals surface area contributed by atoms with Gasteiger partial charge in [0.1, 0.15) is 18.0 Å². The second-order valence-electron chi connectivity index (χ2n) is 7.01. The predicted octanol–water partition coefficient (Wildman–Crippen LogP) is 3.91. The normalized spacial score (nSPS) is 10.3. The van der Waals surface area contributed by atoms with Gasteiger partial charge in [0.2, 0.25) is 11.8 Å². The molecule has 2 amide bonds. The number of carbonyl (C=O) groups excluding carboxylic acids is 2. The van der Waals surface area contributed by atoms with Gasteiger partial charge in [0.05, 0.1) is 26.3 Å². The molecule has 0 aliphatic carbocycles. The van der Waals surface area contributed by atoms with E-state index in [-0.39, 0.29) is 24.8 Å². The molecule has 0 aliphatic heterocycles. The van der Waals surface area contributed by atoms with Crippen LogP contribution in [-0.2, 0) is 22.6 Å². The van der Waals surface area contributed by atoms with Gasteiger partial charge in [0.15, 0.2) is 0 Å². The summed E-state index contributed by atoms with van der Waals surface area (Å²) < 4.78 is 10.5. The van der Waals surface area contributed by atoms with Crippen molar-refractivity contribution in [2.24, 2.45) is 0 Å². The number of nitrogens with zero attached hydrogens (tertiary/aromatic N) is 1. The van der Waals surface area contributed by atoms with E-state index in [1.807, 2.05) is 60.7 Å². The number of anilines is 1. The van der Waals surface area contributed by atoms with Gasteiger partial charge in [0.25, 0.3) is 0 Å². The molecule has 0 saturated carbocycles. The molecule has 0 unspecified atom stereocenters. The standard InChI is InChI=1S/C25H26N2O4/c1-30-21-13-14-22(23(16-21)31-2)26-24(28)18-27(17-20-11-7-4-8-12-20)25(29)15-19-9-5-3-6-10-19/h3-14,16H,15,17-18H2,1-2H3,(H,26,28). The van der Waals surface area contributed by atoms with E-state index in [2.05, 4.69) is 5.32 Å². The quantitative estimate of drug-likeness (QED) is 0.572. The van der Waals surface area contributed by atoms with Crippen LogP contribution in [0.4, 0.5) is 5.69 Å². The topological polar surface area (TPSA) is 67.9 Å². The maximum Gasteiger partial charge on any atom is 0.244 e. The van der Waals surface area contributed by atoms with E-state index in [1.54, 1.807) is 30.2 Å². The zero-order chi connectivity index (χ0) is 22.1. The number of benzene rings is 3. The van der Waals surface area contributed by atoms with Crippen molar-refractivity contribution in [1.29, 1.82) is 0 Å². The van der Waals surface area contributed by atoms with E-state index >= 15 is 0 Å². The molecule has 0 heterocycles. The van der Waals surface area contributed by atoms with Crippen LogP contribution >= 0.6 is 0 Å². The van der Waals surface area contributed by atoms with Crippen LogP contribution in [0.2, 0.25) is 0 Å². The minimum absolute atomic E-state index is 0.0737. The highest BCUT2D eigenvalue weighted by molar-refractivity contribution is 5.96. The van der Waals surface area contributed by atoms with Crippen molar-refractivity contribution in [3.63, 3.8) is 0 Å². The van der Waals surface area contributed by atoms with Gasteiger partial charge >= 0.3 is 0 Å². The van der Waals surface area contributed by atoms with Gasteiger partial charge in [-0.05, 0) is 23.3 Å². The molecule has 0 bridgehead atoms. The molecule has 0 spiro atoms. The van der Waals surface area contributed by atoms with Crippen molar-refractivity contribution in [3.8, 4) is 11.5 Å². The van der Waals surface area contributed by atoms with Crippen molar-refractivity contribution >= 4 is 17.5 Å². The number of amides is 2. The molecular formula is C25H26N2O4. The number of ether oxygens (including phenoxy) is 2. The largest absolute Gasteiger partial charge is 0.497 e. The zero-order valence-electron chi connectivity index (χ0n) is 17.7. The van der Waals surface area contributed by atoms with Gasteiger partial charge in [-0.3, -0.25) is 9.59 Å². The van der Waals surface area contributed by atoms with E-state index in [4.69, 9.17) is 9.47 Å². The first-order valence-electron chi connectivity index (χ1n) is 9.96. The Labute approximate surface area is 182 Å². The lowest BCUT2D eigenvalue weighted by Crippen LogP contribution is -2.38. The summed E-state index contributed by atoms with van der Waals surface area (Å²) in [6.45, 7) is 0.273. The van der Waals surface area contributed by atoms with E-state index in [0.29, 0.717) is 23.7 Å². The second kappa shape index (κ2) is 10.8. The van der Waals surface area contributed by atoms with Crippen molar-refractivity contribution in [2.75, 3.05) is 26.1 Å². The Morgan fingerprint density at radius 1 is 0.839 bits per heavy atom. The van der Waals surface area contributed by atoms with Crippen LogP contribution in [0, 0.1) is 0 Å². The van der Waals surface area contributed by atoms with Crippen molar-refractivity contribution in [1.82, 2.24) is 4.90 Å². The maximum absolute atomic E-state index is 13.0. The van der Waals surface area contributed by atoms with Crippen LogP contribution in [0.25, 0.3) is 0 Å². The number of methoxy groups -OCH3 is 2. The summed E-state index contributed by atoms with van der Waals surface area (Å²) in [7, 11) is 3.09. The van der Waals surface area contributed by atoms with Crippen LogP contribution in [0.5, 0.6) is 11.5 Å². The van der Waals surface area contributed by atoms with Gasteiger partial charge in [0, 0.05) is 12.6 Å². The SMILES string of the molecule is COc1ccc(NC(=O)CN(Cc2ccccc2)C(=O)Cc2ccccc2)c(OC)c1. The van der Waals surface area contributed by atoms with Crippen molar-refractivity contribution in [3.05, 3.63) is 90.0 Å². The number of hydrogen-bond acceptors (Lipinski definition) is 4. The summed E-state index contributed by atoms with van der Waals surface area (Å²) in [5.74, 6) is 0.684. The highest BCUT2D eigenvalue weighted by Gasteiger charge is 2.19. The minimum Gasteiger partial charge on any atom is -0.497 e. The average molecular weight is 418 g/mol. The molecule has 0 atom stereocenters. The van der Waals surface area contributed by atoms with Crippen molar-refractivity contribution in [2.45, 2.75) is 13.0 Å². The summed E-state index contributed by atoms with van der Waals surface area (Å²) >= 11 is 0. The Hall–Kier alpha value is -3.80. The first-order valence-corrected chi connectivity index (χ1v) is 9.96. The van der Waals surface area contributed by atoms with E-state index in [1.165, 1.54) is 7.11 Å². The fourth-order valence-corrected chi connectivity index (χ4v) is 3.18. The highest BCUT2D eigenvalue weighted by Crippen LogP contribution is 2.29. The molecule has 0 aromatic heterocycles. The van der Waals surface area contributed by atoms with Gasteiger partial charge in [-0.15, -0.1) is 0 Å². The number of hydrogen-bond donors (Lipinski definition) is 1. The Morgan fingerprint density at radius 3 is 2.10 bits per heavy atom. The van der Waals surface area contributed by atoms with E-state index in [0.717, 1.165) is 11.1 Å². The van der Waals surface area contributed by atoms with Gasteiger partial charge in [-0.25, -0.2) is 0 Å². The third kappa shape index (κ3) is 6.34. The smallest absolute Gasteiger partial charge is 0.244 e. The summed E-state index contributed by atoms with van der Waals surface area (Å²) in [5, 5.41) is 2.83. The fraction of sp³-hybridized carbons (Fsp3) is 0.200. The molecule has 0 aliphatic rings. The summed E-state index contributed by atoms with van der Waals surface area (Å²) in [5.41, 5.74) is 2.38. The Kier molecular flexibility index (Phi) is 7.65. The van der Waals surface area contributed by atoms with Crippen LogP contribution in [0.1, 0.15) is 11.1 Å². The summed E-state index contributed by atoms with van der Waals surface area (Å²) in [4.78, 5) is 27.4. The lowest BCUT2D eigenvalue weighted by Gasteiger charge is -2.23. The van der Waals surface area contributed by atoms with Crippen molar-refractivity contribution < 1.29 is 19.1 Å². The summed E-state index contributed by atoms with van der Waals surface area (Å²) in [6.07, 6.45) is 0.229. The van der Waals surface area contributed by atoms with Crippen LogP contribution in [-0.4, -0.2) is 37.5 Å². The molecule has 0 fully saturated rings. The first kappa shape index (κ1) is 21.9. The molecule has 3 aromatic rings. The van der Waals surface area contributed by atoms with Gasteiger partial charge in [-0.1, -0.05) is 60.7 Å². The van der Waals surface area contributed by atoms with Gasteiger partial charge in [-0.2, -0.15) is 0 Å². The zero-order valence-corrected chi connectivity index (χ0v) is 17.7. The lowest BCUT2D eigenvalue weighted by atomic mass is 10.1. The Bertz CT molecular complexity index is 1010. The Morgan fingerprint density at radius 2 is 1.48 bits per heavy atom. The van der Waals surface area contributed by atoms with Crippen LogP contribution in [0.15, 0.2) is 78.9 Å². The molecule has 3 rings (SSSR count). The minimum atomic E-state index is -0.305. The van der Waals surface area contributed by atoms with Gasteiger partial charge < -0.3 is 19.7 Å². The average Bonchev–Trinajstić information content (AvgIpc) is 2.80. The molecule has 0 saturated heterocycles. The molecular weight excluding hydrogens is 392 g/mol. The third-order valence-corrected chi connectivity index (χ3v) is 4.78. The number of rotatable bonds is 9. The predicted molar refractivity (Wildman–Crippen MR) is 120 cm³/mol. The molecule has 3 aromatic carbocycles. The third-order valence-electron chi connectivity index (χ3n) is 4.78. The second-order valence-corrected chi connectivity index (χ2v) is 7.01.